The van der Waals surface area contributed by atoms with Gasteiger partial charge in [0.25, 0.3) is 6.33 Å². The molecule has 3 aromatic heterocycles. The number of para-hydroxylation sites is 1. The predicted molar refractivity (Wildman–Crippen MR) is 289 cm³/mol. The number of hydrogen-bond donors (Lipinski definition) is 0. The molecule has 0 aliphatic heterocycles. The third kappa shape index (κ3) is 8.93. The summed E-state index contributed by atoms with van der Waals surface area (Å²) in [6, 6.07) is 43.5. The van der Waals surface area contributed by atoms with E-state index in [1.165, 1.54) is 55.6 Å². The fraction of sp³-hybridized carbons (Fsp3) is 0.312. The first-order valence-corrected chi connectivity index (χ1v) is 24.9. The summed E-state index contributed by atoms with van der Waals surface area (Å²) in [4.78, 5) is 4.98. The van der Waals surface area contributed by atoms with Crippen LogP contribution in [-0.4, -0.2) is 14.1 Å². The normalized spacial score (nSPS) is 16.1. The van der Waals surface area contributed by atoms with Gasteiger partial charge in [-0.1, -0.05) is 168 Å². The molecule has 0 saturated carbocycles. The van der Waals surface area contributed by atoms with Crippen LogP contribution in [0, 0.1) is 28.5 Å². The highest BCUT2D eigenvalue weighted by molar-refractivity contribution is 6.10. The minimum absolute atomic E-state index is 0.00188. The molecule has 5 aromatic carbocycles. The van der Waals surface area contributed by atoms with Crippen LogP contribution in [0.1, 0.15) is 113 Å². The molecule has 5 heteroatoms. The Bertz CT molecular complexity index is 3410. The zero-order valence-electron chi connectivity index (χ0n) is 42.8. The predicted octanol–water partition coefficient (Wildman–Crippen LogP) is 17.0. The molecule has 8 aromatic rings. The number of rotatable bonds is 7. The van der Waals surface area contributed by atoms with Gasteiger partial charge in [0.05, 0.1) is 27.8 Å². The van der Waals surface area contributed by atoms with Gasteiger partial charge < -0.3 is 4.74 Å². The molecule has 0 fully saturated rings. The van der Waals surface area contributed by atoms with Crippen LogP contribution < -0.4 is 9.30 Å². The maximum Gasteiger partial charge on any atom is 0.269 e. The number of aromatic nitrogens is 4. The lowest BCUT2D eigenvalue weighted by molar-refractivity contribution is -0.560. The summed E-state index contributed by atoms with van der Waals surface area (Å²) in [6.07, 6.45) is 18.6. The number of benzene rings is 5. The molecule has 3 heterocycles. The molecule has 5 nitrogen and oxygen atoms in total. The van der Waals surface area contributed by atoms with E-state index in [4.69, 9.17) is 9.72 Å². The highest BCUT2D eigenvalue weighted by atomic mass is 16.5. The van der Waals surface area contributed by atoms with E-state index in [2.05, 4.69) is 249 Å². The Balaban J connectivity index is 1.10. The zero-order chi connectivity index (χ0) is 48.6. The maximum atomic E-state index is 6.90. The Hall–Kier alpha value is -6.72. The SMILES string of the molecule is CC(C)(C)C1=C[C@H](C(C)(C)C)CC([n+]2[c-]n(-c3cccc(Oc4ccc5c6cc(-c7ccccc7)ccc6n(-c6cc(C(C)(C)C)ccn6)c5c4)c3)c3cccc(C4=CC=C(C(C)(C)C)CC4)c32)=C1. The van der Waals surface area contributed by atoms with Crippen molar-refractivity contribution in [3.05, 3.63) is 180 Å². The van der Waals surface area contributed by atoms with Crippen molar-refractivity contribution in [3.8, 4) is 34.1 Å². The van der Waals surface area contributed by atoms with Crippen LogP contribution in [0.15, 0.2) is 163 Å². The fourth-order valence-electron chi connectivity index (χ4n) is 10.2. The molecular formula is C64H68N4O. The highest BCUT2D eigenvalue weighted by Gasteiger charge is 2.32. The summed E-state index contributed by atoms with van der Waals surface area (Å²) < 4.78 is 13.8. The van der Waals surface area contributed by atoms with Crippen LogP contribution in [-0.2, 0) is 5.41 Å². The second-order valence-corrected chi connectivity index (χ2v) is 23.6. The van der Waals surface area contributed by atoms with Crippen molar-refractivity contribution < 1.29 is 9.30 Å². The number of fused-ring (bicyclic) bond motifs is 4. The third-order valence-electron chi connectivity index (χ3n) is 14.5. The van der Waals surface area contributed by atoms with Crippen molar-refractivity contribution in [1.29, 1.82) is 0 Å². The Kier molecular flexibility index (Phi) is 11.4. The fourth-order valence-corrected chi connectivity index (χ4v) is 10.2. The van der Waals surface area contributed by atoms with E-state index in [0.717, 1.165) is 64.2 Å². The smallest absolute Gasteiger partial charge is 0.269 e. The number of ether oxygens (including phenoxy) is 1. The van der Waals surface area contributed by atoms with Crippen molar-refractivity contribution in [1.82, 2.24) is 14.1 Å². The van der Waals surface area contributed by atoms with E-state index in [-0.39, 0.29) is 21.7 Å². The first-order valence-electron chi connectivity index (χ1n) is 24.9. The van der Waals surface area contributed by atoms with Crippen LogP contribution in [0.4, 0.5) is 0 Å². The molecular weight excluding hydrogens is 841 g/mol. The summed E-state index contributed by atoms with van der Waals surface area (Å²) in [7, 11) is 0. The average molecular weight is 909 g/mol. The van der Waals surface area contributed by atoms with Crippen molar-refractivity contribution in [2.24, 2.45) is 22.2 Å². The van der Waals surface area contributed by atoms with Gasteiger partial charge in [-0.05, 0) is 141 Å². The van der Waals surface area contributed by atoms with E-state index in [1.807, 2.05) is 6.20 Å². The molecule has 10 rings (SSSR count). The van der Waals surface area contributed by atoms with E-state index in [0.29, 0.717) is 5.92 Å². The zero-order valence-corrected chi connectivity index (χ0v) is 42.8. The van der Waals surface area contributed by atoms with Gasteiger partial charge in [-0.25, -0.2) is 4.98 Å². The van der Waals surface area contributed by atoms with Gasteiger partial charge in [-0.3, -0.25) is 13.7 Å². The minimum Gasteiger partial charge on any atom is -0.458 e. The molecule has 1 atom stereocenters. The lowest BCUT2D eigenvalue weighted by Gasteiger charge is -2.36. The van der Waals surface area contributed by atoms with E-state index >= 15 is 0 Å². The average Bonchev–Trinajstić information content (AvgIpc) is 3.87. The van der Waals surface area contributed by atoms with E-state index in [1.54, 1.807) is 0 Å². The maximum absolute atomic E-state index is 6.90. The molecule has 0 bridgehead atoms. The van der Waals surface area contributed by atoms with Crippen LogP contribution in [0.3, 0.4) is 0 Å². The standard InChI is InChI=1S/C64H68N4O/c1-61(2,3)45-27-24-43(25-28-45)53-22-17-23-57-60(53)67(50-36-47(63(7,8)9)35-48(37-50)64(10,11)12)41-66(57)49-20-16-21-51(39-49)69-52-29-30-54-55-34-44(42-18-14-13-15-19-42)26-31-56(55)68(58(54)40-52)59-38-46(32-33-65-59)62(4,5)6/h13-24,26-27,29-36,38-40,48H,25,28,37H2,1-12H3/t48-/m0/s1. The number of nitrogens with zero attached hydrogens (tertiary/aromatic N) is 4. The number of imidazole rings is 1. The largest absolute Gasteiger partial charge is 0.458 e. The van der Waals surface area contributed by atoms with Crippen molar-refractivity contribution in [2.75, 3.05) is 0 Å². The number of pyridine rings is 1. The monoisotopic (exact) mass is 909 g/mol. The number of allylic oxidation sites excluding steroid dienone is 8. The lowest BCUT2D eigenvalue weighted by Crippen LogP contribution is -2.37. The Morgan fingerprint density at radius 1 is 0.623 bits per heavy atom. The molecule has 2 aliphatic rings. The van der Waals surface area contributed by atoms with Gasteiger partial charge in [0, 0.05) is 28.7 Å². The van der Waals surface area contributed by atoms with Gasteiger partial charge >= 0.3 is 0 Å². The Labute approximate surface area is 410 Å². The van der Waals surface area contributed by atoms with E-state index in [9.17, 15) is 0 Å². The van der Waals surface area contributed by atoms with Gasteiger partial charge in [0.15, 0.2) is 0 Å². The van der Waals surface area contributed by atoms with Gasteiger partial charge in [0.2, 0.25) is 0 Å². The third-order valence-corrected chi connectivity index (χ3v) is 14.5. The van der Waals surface area contributed by atoms with Crippen molar-refractivity contribution in [2.45, 2.75) is 108 Å². The molecule has 0 spiro atoms. The summed E-state index contributed by atoms with van der Waals surface area (Å²) >= 11 is 0. The van der Waals surface area contributed by atoms with Crippen LogP contribution in [0.5, 0.6) is 11.5 Å². The lowest BCUT2D eigenvalue weighted by atomic mass is 9.71. The molecule has 0 amide bonds. The molecule has 0 radical (unpaired) electrons. The Morgan fingerprint density at radius 2 is 1.39 bits per heavy atom. The van der Waals surface area contributed by atoms with Crippen LogP contribution in [0.25, 0.3) is 66.7 Å². The van der Waals surface area contributed by atoms with Gasteiger partial charge in [-0.2, -0.15) is 0 Å². The first kappa shape index (κ1) is 46.0. The van der Waals surface area contributed by atoms with Crippen LogP contribution >= 0.6 is 0 Å². The first-order chi connectivity index (χ1) is 32.7. The van der Waals surface area contributed by atoms with Crippen molar-refractivity contribution in [3.63, 3.8) is 0 Å². The topological polar surface area (TPSA) is 35.9 Å². The summed E-state index contributed by atoms with van der Waals surface area (Å²) in [5, 5.41) is 2.32. The Morgan fingerprint density at radius 3 is 2.10 bits per heavy atom. The number of hydrogen-bond acceptors (Lipinski definition) is 2. The summed E-state index contributed by atoms with van der Waals surface area (Å²) in [5.74, 6) is 2.77. The molecule has 69 heavy (non-hydrogen) atoms. The quantitative estimate of drug-likeness (QED) is 0.118. The molecule has 0 N–H and O–H groups in total. The van der Waals surface area contributed by atoms with Crippen LogP contribution in [0.2, 0.25) is 0 Å². The minimum atomic E-state index is -0.0329. The van der Waals surface area contributed by atoms with Crippen molar-refractivity contribution >= 4 is 44.1 Å². The van der Waals surface area contributed by atoms with Gasteiger partial charge in [-0.15, -0.1) is 0 Å². The summed E-state index contributed by atoms with van der Waals surface area (Å²) in [6.45, 7) is 27.8. The molecule has 0 unspecified atom stereocenters. The molecule has 0 saturated heterocycles. The second kappa shape index (κ2) is 17.1. The van der Waals surface area contributed by atoms with Gasteiger partial charge in [0.1, 0.15) is 17.3 Å². The van der Waals surface area contributed by atoms with E-state index < -0.39 is 0 Å². The molecule has 350 valence electrons. The molecule has 2 aliphatic carbocycles. The summed E-state index contributed by atoms with van der Waals surface area (Å²) in [5.41, 5.74) is 16.0. The second-order valence-electron chi connectivity index (χ2n) is 23.6. The highest BCUT2D eigenvalue weighted by Crippen LogP contribution is 2.44.